The van der Waals surface area contributed by atoms with Gasteiger partial charge in [0, 0.05) is 12.1 Å². The minimum atomic E-state index is 0.285. The molecule has 0 aliphatic carbocycles. The average molecular weight is 278 g/mol. The van der Waals surface area contributed by atoms with Crippen LogP contribution in [0.15, 0.2) is 30.6 Å². The van der Waals surface area contributed by atoms with Crippen LogP contribution in [-0.4, -0.2) is 21.6 Å². The number of aromatic nitrogens is 2. The smallest absolute Gasteiger partial charge is 0.137 e. The van der Waals surface area contributed by atoms with E-state index in [0.29, 0.717) is 5.15 Å². The van der Waals surface area contributed by atoms with Crippen molar-refractivity contribution in [1.82, 2.24) is 9.97 Å². The van der Waals surface area contributed by atoms with Crippen LogP contribution in [0, 0.1) is 0 Å². The second-order valence-electron chi connectivity index (χ2n) is 4.19. The SMILES string of the molecule is CCc1c(Cl)ncnc1NCCc1ccc(O)cc1. The molecule has 19 heavy (non-hydrogen) atoms. The predicted octanol–water partition coefficient (Wildman–Crippen LogP) is 3.05. The fourth-order valence-electron chi connectivity index (χ4n) is 1.84. The van der Waals surface area contributed by atoms with E-state index in [9.17, 15) is 5.11 Å². The summed E-state index contributed by atoms with van der Waals surface area (Å²) in [6.07, 6.45) is 3.11. The summed E-state index contributed by atoms with van der Waals surface area (Å²) in [5, 5.41) is 13.0. The zero-order valence-corrected chi connectivity index (χ0v) is 11.5. The van der Waals surface area contributed by atoms with E-state index in [-0.39, 0.29) is 5.75 Å². The number of hydrogen-bond acceptors (Lipinski definition) is 4. The van der Waals surface area contributed by atoms with Crippen LogP contribution >= 0.6 is 11.6 Å². The van der Waals surface area contributed by atoms with Gasteiger partial charge < -0.3 is 10.4 Å². The van der Waals surface area contributed by atoms with E-state index in [0.717, 1.165) is 36.3 Å². The Morgan fingerprint density at radius 1 is 1.21 bits per heavy atom. The summed E-state index contributed by atoms with van der Waals surface area (Å²) in [4.78, 5) is 8.18. The summed E-state index contributed by atoms with van der Waals surface area (Å²) in [6, 6.07) is 7.19. The van der Waals surface area contributed by atoms with Crippen LogP contribution in [0.4, 0.5) is 5.82 Å². The summed E-state index contributed by atoms with van der Waals surface area (Å²) in [5.74, 6) is 1.08. The molecule has 2 N–H and O–H groups in total. The van der Waals surface area contributed by atoms with Gasteiger partial charge in [0.05, 0.1) is 0 Å². The van der Waals surface area contributed by atoms with Crippen molar-refractivity contribution < 1.29 is 5.11 Å². The Labute approximate surface area is 117 Å². The minimum Gasteiger partial charge on any atom is -0.508 e. The number of phenols is 1. The van der Waals surface area contributed by atoms with E-state index >= 15 is 0 Å². The highest BCUT2D eigenvalue weighted by Gasteiger charge is 2.07. The Balaban J connectivity index is 1.96. The van der Waals surface area contributed by atoms with Crippen LogP contribution < -0.4 is 5.32 Å². The quantitative estimate of drug-likeness (QED) is 0.825. The number of aromatic hydroxyl groups is 1. The highest BCUT2D eigenvalue weighted by atomic mass is 35.5. The van der Waals surface area contributed by atoms with Gasteiger partial charge in [0.25, 0.3) is 0 Å². The van der Waals surface area contributed by atoms with Gasteiger partial charge in [-0.15, -0.1) is 0 Å². The van der Waals surface area contributed by atoms with E-state index < -0.39 is 0 Å². The van der Waals surface area contributed by atoms with E-state index in [1.165, 1.54) is 6.33 Å². The number of rotatable bonds is 5. The third-order valence-electron chi connectivity index (χ3n) is 2.89. The first-order valence-electron chi connectivity index (χ1n) is 6.22. The lowest BCUT2D eigenvalue weighted by Crippen LogP contribution is -2.09. The molecule has 0 saturated carbocycles. The molecular weight excluding hydrogens is 262 g/mol. The number of halogens is 1. The van der Waals surface area contributed by atoms with Gasteiger partial charge in [-0.25, -0.2) is 9.97 Å². The fraction of sp³-hybridized carbons (Fsp3) is 0.286. The van der Waals surface area contributed by atoms with E-state index in [1.807, 2.05) is 19.1 Å². The monoisotopic (exact) mass is 277 g/mol. The first-order valence-corrected chi connectivity index (χ1v) is 6.59. The molecule has 5 heteroatoms. The topological polar surface area (TPSA) is 58.0 Å². The van der Waals surface area contributed by atoms with Gasteiger partial charge in [0.2, 0.25) is 0 Å². The molecule has 0 aliphatic heterocycles. The molecule has 0 atom stereocenters. The Kier molecular flexibility index (Phi) is 4.58. The van der Waals surface area contributed by atoms with Crippen molar-refractivity contribution in [2.24, 2.45) is 0 Å². The summed E-state index contributed by atoms with van der Waals surface area (Å²) >= 11 is 6.02. The number of hydrogen-bond donors (Lipinski definition) is 2. The summed E-state index contributed by atoms with van der Waals surface area (Å²) in [7, 11) is 0. The predicted molar refractivity (Wildman–Crippen MR) is 76.7 cm³/mol. The van der Waals surface area contributed by atoms with E-state index in [2.05, 4.69) is 15.3 Å². The normalized spacial score (nSPS) is 10.4. The third kappa shape index (κ3) is 3.58. The highest BCUT2D eigenvalue weighted by molar-refractivity contribution is 6.30. The first-order chi connectivity index (χ1) is 9.20. The number of phenolic OH excluding ortho intramolecular Hbond substituents is 1. The first kappa shape index (κ1) is 13.6. The molecule has 0 unspecified atom stereocenters. The van der Waals surface area contributed by atoms with Crippen molar-refractivity contribution in [3.63, 3.8) is 0 Å². The van der Waals surface area contributed by atoms with Crippen LogP contribution in [0.1, 0.15) is 18.1 Å². The molecule has 0 aliphatic rings. The van der Waals surface area contributed by atoms with Gasteiger partial charge in [0.15, 0.2) is 0 Å². The van der Waals surface area contributed by atoms with Crippen LogP contribution in [0.2, 0.25) is 5.15 Å². The zero-order chi connectivity index (χ0) is 13.7. The summed E-state index contributed by atoms with van der Waals surface area (Å²) < 4.78 is 0. The number of nitrogens with one attached hydrogen (secondary N) is 1. The molecule has 0 amide bonds. The third-order valence-corrected chi connectivity index (χ3v) is 3.21. The van der Waals surface area contributed by atoms with Crippen molar-refractivity contribution in [3.05, 3.63) is 46.9 Å². The lowest BCUT2D eigenvalue weighted by Gasteiger charge is -2.10. The maximum atomic E-state index is 9.21. The van der Waals surface area contributed by atoms with Crippen LogP contribution in [0.5, 0.6) is 5.75 Å². The van der Waals surface area contributed by atoms with E-state index in [4.69, 9.17) is 11.6 Å². The van der Waals surface area contributed by atoms with Crippen LogP contribution in [0.25, 0.3) is 0 Å². The molecule has 100 valence electrons. The standard InChI is InChI=1S/C14H16ClN3O/c1-2-12-13(15)17-9-18-14(12)16-8-7-10-3-5-11(19)6-4-10/h3-6,9,19H,2,7-8H2,1H3,(H,16,17,18). The Bertz CT molecular complexity index is 543. The van der Waals surface area contributed by atoms with Gasteiger partial charge in [-0.2, -0.15) is 0 Å². The van der Waals surface area contributed by atoms with Crippen molar-refractivity contribution in [3.8, 4) is 5.75 Å². The molecule has 0 radical (unpaired) electrons. The van der Waals surface area contributed by atoms with Crippen molar-refractivity contribution in [1.29, 1.82) is 0 Å². The lowest BCUT2D eigenvalue weighted by molar-refractivity contribution is 0.475. The fourth-order valence-corrected chi connectivity index (χ4v) is 2.11. The van der Waals surface area contributed by atoms with Gasteiger partial charge in [-0.3, -0.25) is 0 Å². The second kappa shape index (κ2) is 6.38. The molecule has 2 aromatic rings. The van der Waals surface area contributed by atoms with Gasteiger partial charge in [-0.05, 0) is 30.5 Å². The maximum absolute atomic E-state index is 9.21. The zero-order valence-electron chi connectivity index (χ0n) is 10.7. The van der Waals surface area contributed by atoms with Crippen LogP contribution in [-0.2, 0) is 12.8 Å². The van der Waals surface area contributed by atoms with Crippen molar-refractivity contribution in [2.75, 3.05) is 11.9 Å². The molecule has 1 heterocycles. The molecule has 4 nitrogen and oxygen atoms in total. The van der Waals surface area contributed by atoms with Gasteiger partial charge in [-0.1, -0.05) is 30.7 Å². The minimum absolute atomic E-state index is 0.285. The summed E-state index contributed by atoms with van der Waals surface area (Å²) in [5.41, 5.74) is 2.10. The molecule has 0 bridgehead atoms. The molecule has 1 aromatic heterocycles. The van der Waals surface area contributed by atoms with Gasteiger partial charge >= 0.3 is 0 Å². The number of benzene rings is 1. The highest BCUT2D eigenvalue weighted by Crippen LogP contribution is 2.20. The summed E-state index contributed by atoms with van der Waals surface area (Å²) in [6.45, 7) is 2.78. The van der Waals surface area contributed by atoms with Crippen LogP contribution in [0.3, 0.4) is 0 Å². The Morgan fingerprint density at radius 3 is 2.63 bits per heavy atom. The lowest BCUT2D eigenvalue weighted by atomic mass is 10.1. The molecule has 2 rings (SSSR count). The second-order valence-corrected chi connectivity index (χ2v) is 4.55. The molecular formula is C14H16ClN3O. The number of nitrogens with zero attached hydrogens (tertiary/aromatic N) is 2. The van der Waals surface area contributed by atoms with Gasteiger partial charge in [0.1, 0.15) is 23.0 Å². The molecule has 0 spiro atoms. The largest absolute Gasteiger partial charge is 0.508 e. The molecule has 1 aromatic carbocycles. The maximum Gasteiger partial charge on any atom is 0.137 e. The molecule has 0 fully saturated rings. The average Bonchev–Trinajstić information content (AvgIpc) is 2.41. The van der Waals surface area contributed by atoms with Crippen molar-refractivity contribution in [2.45, 2.75) is 19.8 Å². The van der Waals surface area contributed by atoms with Crippen molar-refractivity contribution >= 4 is 17.4 Å². The Morgan fingerprint density at radius 2 is 1.95 bits per heavy atom. The Hall–Kier alpha value is -1.81. The molecule has 0 saturated heterocycles. The van der Waals surface area contributed by atoms with E-state index in [1.54, 1.807) is 12.1 Å². The number of anilines is 1.